The first-order valence-corrected chi connectivity index (χ1v) is 5.75. The Morgan fingerprint density at radius 3 is 2.83 bits per heavy atom. The van der Waals surface area contributed by atoms with Gasteiger partial charge in [0.2, 0.25) is 5.91 Å². The lowest BCUT2D eigenvalue weighted by Gasteiger charge is -2.12. The van der Waals surface area contributed by atoms with Gasteiger partial charge in [0, 0.05) is 18.5 Å². The van der Waals surface area contributed by atoms with Crippen LogP contribution in [0.25, 0.3) is 0 Å². The summed E-state index contributed by atoms with van der Waals surface area (Å²) in [6, 6.07) is 5.08. The third-order valence-electron chi connectivity index (χ3n) is 2.96. The molecule has 0 aromatic heterocycles. The highest BCUT2D eigenvalue weighted by Crippen LogP contribution is 2.15. The Morgan fingerprint density at radius 2 is 2.28 bits per heavy atom. The molecule has 6 nitrogen and oxygen atoms in total. The molecule has 1 atom stereocenters. The van der Waals surface area contributed by atoms with Gasteiger partial charge in [0.15, 0.2) is 0 Å². The maximum Gasteiger partial charge on any atom is 0.251 e. The molecule has 0 bridgehead atoms. The summed E-state index contributed by atoms with van der Waals surface area (Å²) in [5, 5.41) is 5.49. The Morgan fingerprint density at radius 1 is 1.50 bits per heavy atom. The molecule has 5 N–H and O–H groups in total. The topological polar surface area (TPSA) is 96.2 Å². The van der Waals surface area contributed by atoms with E-state index in [4.69, 9.17) is 5.84 Å². The molecule has 0 saturated carbocycles. The number of rotatable bonds is 3. The van der Waals surface area contributed by atoms with Crippen molar-refractivity contribution < 1.29 is 9.59 Å². The van der Waals surface area contributed by atoms with Crippen LogP contribution in [0.5, 0.6) is 0 Å². The number of hydrazine groups is 1. The van der Waals surface area contributed by atoms with Crippen molar-refractivity contribution in [3.63, 3.8) is 0 Å². The first-order valence-electron chi connectivity index (χ1n) is 5.75. The van der Waals surface area contributed by atoms with Gasteiger partial charge in [0.05, 0.1) is 11.7 Å². The summed E-state index contributed by atoms with van der Waals surface area (Å²) in [7, 11) is 0. The Labute approximate surface area is 105 Å². The molecule has 1 aromatic rings. The molecule has 1 unspecified atom stereocenters. The van der Waals surface area contributed by atoms with Crippen LogP contribution in [0.15, 0.2) is 18.2 Å². The van der Waals surface area contributed by atoms with E-state index < -0.39 is 0 Å². The Hall–Kier alpha value is -2.08. The normalized spacial score (nSPS) is 18.3. The fraction of sp³-hybridized carbons (Fsp3) is 0.333. The molecule has 1 aliphatic heterocycles. The third kappa shape index (κ3) is 2.60. The van der Waals surface area contributed by atoms with Gasteiger partial charge in [-0.2, -0.15) is 0 Å². The number of benzene rings is 1. The van der Waals surface area contributed by atoms with Gasteiger partial charge in [0.25, 0.3) is 5.91 Å². The van der Waals surface area contributed by atoms with Gasteiger partial charge < -0.3 is 16.1 Å². The number of nitrogens with two attached hydrogens (primary N) is 1. The van der Waals surface area contributed by atoms with Crippen LogP contribution in [0, 0.1) is 6.92 Å². The maximum absolute atomic E-state index is 12.0. The number of hydrogen-bond donors (Lipinski definition) is 4. The molecule has 18 heavy (non-hydrogen) atoms. The Kier molecular flexibility index (Phi) is 3.47. The number of anilines is 1. The van der Waals surface area contributed by atoms with Crippen molar-refractivity contribution in [2.75, 3.05) is 12.0 Å². The molecule has 0 aliphatic carbocycles. The molecule has 1 saturated heterocycles. The molecule has 1 aliphatic rings. The lowest BCUT2D eigenvalue weighted by molar-refractivity contribution is -0.119. The molecule has 2 rings (SSSR count). The van der Waals surface area contributed by atoms with Crippen molar-refractivity contribution in [1.29, 1.82) is 0 Å². The zero-order valence-electron chi connectivity index (χ0n) is 10.1. The first kappa shape index (κ1) is 12.4. The number of carbonyl (C=O) groups excluding carboxylic acids is 2. The van der Waals surface area contributed by atoms with Crippen LogP contribution in [0.2, 0.25) is 0 Å². The zero-order valence-corrected chi connectivity index (χ0v) is 10.1. The Balaban J connectivity index is 2.05. The summed E-state index contributed by atoms with van der Waals surface area (Å²) < 4.78 is 0. The minimum atomic E-state index is -0.178. The molecule has 0 spiro atoms. The average Bonchev–Trinajstić information content (AvgIpc) is 2.74. The van der Waals surface area contributed by atoms with Gasteiger partial charge in [-0.3, -0.25) is 15.4 Å². The lowest BCUT2D eigenvalue weighted by atomic mass is 10.1. The molecule has 1 heterocycles. The summed E-state index contributed by atoms with van der Waals surface area (Å²) in [4.78, 5) is 23.0. The number of hydrogen-bond acceptors (Lipinski definition) is 4. The van der Waals surface area contributed by atoms with Crippen LogP contribution in [0.1, 0.15) is 22.3 Å². The van der Waals surface area contributed by atoms with E-state index in [0.29, 0.717) is 18.5 Å². The number of aryl methyl sites for hydroxylation is 1. The number of amides is 2. The zero-order chi connectivity index (χ0) is 13.1. The maximum atomic E-state index is 12.0. The summed E-state index contributed by atoms with van der Waals surface area (Å²) in [6.45, 7) is 2.36. The van der Waals surface area contributed by atoms with E-state index >= 15 is 0 Å². The highest BCUT2D eigenvalue weighted by Gasteiger charge is 2.23. The third-order valence-corrected chi connectivity index (χ3v) is 2.96. The van der Waals surface area contributed by atoms with E-state index in [1.807, 2.05) is 6.92 Å². The number of nitrogens with one attached hydrogen (secondary N) is 3. The van der Waals surface area contributed by atoms with Crippen LogP contribution >= 0.6 is 0 Å². The van der Waals surface area contributed by atoms with Gasteiger partial charge in [-0.05, 0) is 30.7 Å². The summed E-state index contributed by atoms with van der Waals surface area (Å²) in [5.41, 5.74) is 4.79. The fourth-order valence-electron chi connectivity index (χ4n) is 1.94. The van der Waals surface area contributed by atoms with Crippen molar-refractivity contribution in [2.24, 2.45) is 5.84 Å². The molecule has 6 heteroatoms. The molecule has 96 valence electrons. The predicted octanol–water partition coefficient (Wildman–Crippen LogP) is -0.101. The van der Waals surface area contributed by atoms with E-state index in [2.05, 4.69) is 16.1 Å². The van der Waals surface area contributed by atoms with Gasteiger partial charge in [0.1, 0.15) is 0 Å². The van der Waals surface area contributed by atoms with Crippen molar-refractivity contribution in [2.45, 2.75) is 19.4 Å². The number of nitrogen functional groups attached to an aromatic ring is 1. The average molecular weight is 248 g/mol. The Bertz CT molecular complexity index is 487. The minimum absolute atomic E-state index is 0.0286. The lowest BCUT2D eigenvalue weighted by Crippen LogP contribution is -2.36. The van der Waals surface area contributed by atoms with Gasteiger partial charge in [-0.15, -0.1) is 0 Å². The molecule has 1 fully saturated rings. The summed E-state index contributed by atoms with van der Waals surface area (Å²) >= 11 is 0. The van der Waals surface area contributed by atoms with E-state index in [0.717, 1.165) is 11.3 Å². The first-order chi connectivity index (χ1) is 8.60. The van der Waals surface area contributed by atoms with Crippen molar-refractivity contribution >= 4 is 17.5 Å². The van der Waals surface area contributed by atoms with Crippen molar-refractivity contribution in [3.05, 3.63) is 29.3 Å². The van der Waals surface area contributed by atoms with Crippen molar-refractivity contribution in [1.82, 2.24) is 10.6 Å². The van der Waals surface area contributed by atoms with Crippen LogP contribution in [-0.4, -0.2) is 24.4 Å². The molecule has 0 radical (unpaired) electrons. The highest BCUT2D eigenvalue weighted by atomic mass is 16.2. The molecule has 1 aromatic carbocycles. The van der Waals surface area contributed by atoms with E-state index in [9.17, 15) is 9.59 Å². The summed E-state index contributed by atoms with van der Waals surface area (Å²) in [5.74, 6) is 5.12. The van der Waals surface area contributed by atoms with Gasteiger partial charge >= 0.3 is 0 Å². The number of carbonyl (C=O) groups is 2. The van der Waals surface area contributed by atoms with Crippen LogP contribution in [-0.2, 0) is 4.79 Å². The van der Waals surface area contributed by atoms with Crippen molar-refractivity contribution in [3.8, 4) is 0 Å². The predicted molar refractivity (Wildman–Crippen MR) is 67.9 cm³/mol. The van der Waals surface area contributed by atoms with Gasteiger partial charge in [-0.25, -0.2) is 0 Å². The van der Waals surface area contributed by atoms with E-state index in [1.54, 1.807) is 18.2 Å². The second kappa shape index (κ2) is 5.05. The quantitative estimate of drug-likeness (QED) is 0.443. The van der Waals surface area contributed by atoms with E-state index in [-0.39, 0.29) is 17.9 Å². The highest BCUT2D eigenvalue weighted by molar-refractivity contribution is 5.95. The minimum Gasteiger partial charge on any atom is -0.354 e. The van der Waals surface area contributed by atoms with Crippen LogP contribution in [0.4, 0.5) is 5.69 Å². The fourth-order valence-corrected chi connectivity index (χ4v) is 1.94. The smallest absolute Gasteiger partial charge is 0.251 e. The molecule has 2 amide bonds. The largest absolute Gasteiger partial charge is 0.354 e. The van der Waals surface area contributed by atoms with E-state index in [1.165, 1.54) is 0 Å². The van der Waals surface area contributed by atoms with Crippen LogP contribution < -0.4 is 21.9 Å². The second-order valence-electron chi connectivity index (χ2n) is 4.35. The molecular weight excluding hydrogens is 232 g/mol. The summed E-state index contributed by atoms with van der Waals surface area (Å²) in [6.07, 6.45) is 0.340. The standard InChI is InChI=1S/C12H16N4O2/c1-7-4-8(2-3-10(7)16-13)12(18)15-9-5-11(17)14-6-9/h2-4,9,16H,5-6,13H2,1H3,(H,14,17)(H,15,18). The van der Waals surface area contributed by atoms with Crippen LogP contribution in [0.3, 0.4) is 0 Å². The monoisotopic (exact) mass is 248 g/mol. The SMILES string of the molecule is Cc1cc(C(=O)NC2CNC(=O)C2)ccc1NN. The van der Waals surface area contributed by atoms with Gasteiger partial charge in [-0.1, -0.05) is 0 Å². The molecular formula is C12H16N4O2. The second-order valence-corrected chi connectivity index (χ2v) is 4.35.